The van der Waals surface area contributed by atoms with E-state index in [0.717, 1.165) is 0 Å². The number of carbonyl (C=O) groups is 1. The first-order valence-electron chi connectivity index (χ1n) is 6.59. The summed E-state index contributed by atoms with van der Waals surface area (Å²) in [4.78, 5) is 16.8. The quantitative estimate of drug-likeness (QED) is 0.402. The van der Waals surface area contributed by atoms with Crippen molar-refractivity contribution in [1.82, 2.24) is 4.98 Å². The minimum absolute atomic E-state index is 0.318. The van der Waals surface area contributed by atoms with Crippen molar-refractivity contribution in [3.63, 3.8) is 0 Å². The standard InChI is InChI=1S/C12H21NO5PS2/c1-6-15-11(14)10-9(4)13-12(21(10)5)18-19(20,16-7-2)17-8-3/h6-8H2,1-5H3/q+1. The van der Waals surface area contributed by atoms with E-state index < -0.39 is 17.2 Å². The van der Waals surface area contributed by atoms with Crippen molar-refractivity contribution in [3.05, 3.63) is 10.6 Å². The Balaban J connectivity index is 3.07. The summed E-state index contributed by atoms with van der Waals surface area (Å²) in [5.41, 5.74) is 0.587. The molecule has 0 spiro atoms. The molecule has 0 saturated carbocycles. The van der Waals surface area contributed by atoms with Gasteiger partial charge in [-0.05, 0) is 27.7 Å². The molecule has 1 atom stereocenters. The van der Waals surface area contributed by atoms with Crippen molar-refractivity contribution in [2.45, 2.75) is 27.7 Å². The lowest BCUT2D eigenvalue weighted by molar-refractivity contribution is 0.0530. The first-order valence-corrected chi connectivity index (χ1v) is 10.8. The molecule has 1 aromatic rings. The molecule has 1 unspecified atom stereocenters. The highest BCUT2D eigenvalue weighted by Crippen LogP contribution is 2.52. The van der Waals surface area contributed by atoms with Gasteiger partial charge in [0, 0.05) is 11.8 Å². The van der Waals surface area contributed by atoms with Gasteiger partial charge in [-0.1, -0.05) is 0 Å². The van der Waals surface area contributed by atoms with E-state index in [1.54, 1.807) is 13.8 Å². The zero-order chi connectivity index (χ0) is 16.0. The first-order chi connectivity index (χ1) is 9.88. The molecule has 0 aliphatic rings. The molecule has 1 heterocycles. The van der Waals surface area contributed by atoms with Gasteiger partial charge in [0.2, 0.25) is 0 Å². The molecule has 0 aliphatic heterocycles. The van der Waals surface area contributed by atoms with Crippen molar-refractivity contribution in [1.29, 1.82) is 0 Å². The molecule has 0 radical (unpaired) electrons. The van der Waals surface area contributed by atoms with E-state index in [0.29, 0.717) is 35.6 Å². The maximum absolute atomic E-state index is 11.9. The Hall–Kier alpha value is -0.530. The Morgan fingerprint density at radius 2 is 1.81 bits per heavy atom. The smallest absolute Gasteiger partial charge is 0.441 e. The van der Waals surface area contributed by atoms with E-state index in [1.807, 2.05) is 20.1 Å². The number of hydrogen-bond acceptors (Lipinski definition) is 7. The predicted molar refractivity (Wildman–Crippen MR) is 86.6 cm³/mol. The molecule has 9 heteroatoms. The van der Waals surface area contributed by atoms with Crippen LogP contribution in [-0.4, -0.2) is 30.8 Å². The van der Waals surface area contributed by atoms with Gasteiger partial charge >= 0.3 is 17.9 Å². The topological polar surface area (TPSA) is 66.9 Å². The number of rotatable bonds is 8. The number of hydrogen-bond donors (Lipinski definition) is 0. The number of nitrogens with zero attached hydrogens (tertiary/aromatic N) is 1. The third-order valence-corrected chi connectivity index (χ3v) is 6.68. The summed E-state index contributed by atoms with van der Waals surface area (Å²) in [5, 5.41) is 0.376. The number of aryl methyl sites for hydroxylation is 1. The van der Waals surface area contributed by atoms with Gasteiger partial charge in [0.15, 0.2) is 0 Å². The highest BCUT2D eigenvalue weighted by atomic mass is 32.5. The lowest BCUT2D eigenvalue weighted by atomic mass is 10.4. The van der Waals surface area contributed by atoms with Gasteiger partial charge in [-0.3, -0.25) is 9.05 Å². The maximum Gasteiger partial charge on any atom is 0.441 e. The molecule has 6 nitrogen and oxygen atoms in total. The number of ether oxygens (including phenoxy) is 1. The Labute approximate surface area is 133 Å². The van der Waals surface area contributed by atoms with Crippen molar-refractivity contribution >= 4 is 35.0 Å². The van der Waals surface area contributed by atoms with Crippen molar-refractivity contribution in [2.24, 2.45) is 6.26 Å². The van der Waals surface area contributed by atoms with Gasteiger partial charge in [-0.25, -0.2) is 4.79 Å². The molecular weight excluding hydrogens is 333 g/mol. The molecule has 1 aromatic heterocycles. The molecule has 0 aliphatic carbocycles. The summed E-state index contributed by atoms with van der Waals surface area (Å²) < 4.78 is 21.6. The minimum Gasteiger partial charge on any atom is -0.459 e. The van der Waals surface area contributed by atoms with E-state index in [4.69, 9.17) is 30.1 Å². The van der Waals surface area contributed by atoms with E-state index in [9.17, 15) is 4.79 Å². The van der Waals surface area contributed by atoms with Crippen LogP contribution in [0.1, 0.15) is 36.1 Å². The van der Waals surface area contributed by atoms with Crippen LogP contribution in [0.3, 0.4) is 0 Å². The van der Waals surface area contributed by atoms with Gasteiger partial charge in [-0.15, -0.1) is 0 Å². The lowest BCUT2D eigenvalue weighted by Gasteiger charge is -2.17. The molecule has 0 aromatic carbocycles. The van der Waals surface area contributed by atoms with Crippen LogP contribution in [0.2, 0.25) is 0 Å². The largest absolute Gasteiger partial charge is 0.459 e. The van der Waals surface area contributed by atoms with Gasteiger partial charge in [0.25, 0.3) is 4.88 Å². The zero-order valence-electron chi connectivity index (χ0n) is 12.9. The Bertz CT molecular complexity index is 536. The Morgan fingerprint density at radius 1 is 1.24 bits per heavy atom. The lowest BCUT2D eigenvalue weighted by Crippen LogP contribution is -2.04. The van der Waals surface area contributed by atoms with E-state index in [1.165, 1.54) is 0 Å². The molecule has 0 fully saturated rings. The van der Waals surface area contributed by atoms with E-state index in [2.05, 4.69) is 4.98 Å². The molecular formula is C12H21NO5PS2+. The first kappa shape index (κ1) is 18.5. The second kappa shape index (κ2) is 8.19. The average Bonchev–Trinajstić information content (AvgIpc) is 2.64. The van der Waals surface area contributed by atoms with E-state index >= 15 is 0 Å². The van der Waals surface area contributed by atoms with Crippen LogP contribution in [0, 0.1) is 6.92 Å². The fraction of sp³-hybridized carbons (Fsp3) is 0.667. The van der Waals surface area contributed by atoms with Crippen LogP contribution in [0.4, 0.5) is 0 Å². The zero-order valence-corrected chi connectivity index (χ0v) is 15.4. The van der Waals surface area contributed by atoms with Crippen LogP contribution in [0.15, 0.2) is 0 Å². The second-order valence-corrected chi connectivity index (χ2v) is 8.61. The van der Waals surface area contributed by atoms with Gasteiger partial charge < -0.3 is 9.26 Å². The number of thiazole rings is 1. The summed E-state index contributed by atoms with van der Waals surface area (Å²) in [7, 11) is -0.630. The Kier molecular flexibility index (Phi) is 7.23. The summed E-state index contributed by atoms with van der Waals surface area (Å²) in [5.74, 6) is -0.371. The number of carbonyl (C=O) groups excluding carboxylic acids is 1. The van der Waals surface area contributed by atoms with Crippen LogP contribution in [0.5, 0.6) is 5.19 Å². The average molecular weight is 354 g/mol. The minimum atomic E-state index is -2.87. The van der Waals surface area contributed by atoms with Crippen molar-refractivity contribution in [3.8, 4) is 5.19 Å². The van der Waals surface area contributed by atoms with Crippen molar-refractivity contribution in [2.75, 3.05) is 19.8 Å². The fourth-order valence-corrected chi connectivity index (χ4v) is 5.63. The highest BCUT2D eigenvalue weighted by Gasteiger charge is 2.35. The summed E-state index contributed by atoms with van der Waals surface area (Å²) in [6.07, 6.45) is 1.85. The molecule has 1 rings (SSSR count). The van der Waals surface area contributed by atoms with Gasteiger partial charge in [-0.2, -0.15) is 4.98 Å². The summed E-state index contributed by atoms with van der Waals surface area (Å²) >= 11 is 5.32. The molecule has 0 N–H and O–H groups in total. The number of esters is 1. The molecule has 0 amide bonds. The normalized spacial score (nSPS) is 12.3. The molecule has 21 heavy (non-hydrogen) atoms. The van der Waals surface area contributed by atoms with Gasteiger partial charge in [0.1, 0.15) is 11.9 Å². The van der Waals surface area contributed by atoms with Gasteiger partial charge in [0.05, 0.1) is 30.3 Å². The summed E-state index contributed by atoms with van der Waals surface area (Å²) in [6, 6.07) is 0. The third kappa shape index (κ3) is 4.72. The third-order valence-electron chi connectivity index (χ3n) is 2.38. The van der Waals surface area contributed by atoms with Crippen LogP contribution >= 0.6 is 17.2 Å². The van der Waals surface area contributed by atoms with Crippen molar-refractivity contribution < 1.29 is 23.1 Å². The SMILES string of the molecule is CCOC(=O)c1c(C)nc(OP(=S)(OCC)OCC)[s+]1C. The monoisotopic (exact) mass is 354 g/mol. The summed E-state index contributed by atoms with van der Waals surface area (Å²) in [6.45, 7) is 5.37. The van der Waals surface area contributed by atoms with E-state index in [-0.39, 0.29) is 5.97 Å². The molecule has 120 valence electrons. The van der Waals surface area contributed by atoms with Crippen LogP contribution < -0.4 is 4.52 Å². The number of aromatic nitrogens is 1. The van der Waals surface area contributed by atoms with Crippen LogP contribution in [0.25, 0.3) is 0 Å². The second-order valence-electron chi connectivity index (χ2n) is 3.90. The highest BCUT2D eigenvalue weighted by molar-refractivity contribution is 8.07. The molecule has 0 saturated heterocycles. The fourth-order valence-electron chi connectivity index (χ4n) is 1.61. The Morgan fingerprint density at radius 3 is 2.29 bits per heavy atom. The predicted octanol–water partition coefficient (Wildman–Crippen LogP) is 3.53. The van der Waals surface area contributed by atoms with Crippen LogP contribution in [-0.2, 0) is 31.8 Å². The maximum atomic E-state index is 11.9. The molecule has 0 bridgehead atoms.